The summed E-state index contributed by atoms with van der Waals surface area (Å²) in [7, 11) is 0. The molecule has 1 amide bonds. The van der Waals surface area contributed by atoms with Crippen LogP contribution in [0.2, 0.25) is 0 Å². The van der Waals surface area contributed by atoms with E-state index in [-0.39, 0.29) is 5.91 Å². The number of rotatable bonds is 2. The molecule has 1 fully saturated rings. The molecule has 4 nitrogen and oxygen atoms in total. The second-order valence-electron chi connectivity index (χ2n) is 3.39. The molecule has 1 rings (SSSR count). The SMILES string of the molecule is CCOC(=O)C1CC(C)CNC1=O. The van der Waals surface area contributed by atoms with Crippen molar-refractivity contribution in [2.75, 3.05) is 13.2 Å². The van der Waals surface area contributed by atoms with Gasteiger partial charge in [-0.05, 0) is 19.3 Å². The zero-order chi connectivity index (χ0) is 9.84. The van der Waals surface area contributed by atoms with Crippen LogP contribution in [0.5, 0.6) is 0 Å². The Hall–Kier alpha value is -1.06. The molecule has 0 aromatic heterocycles. The molecule has 0 aromatic rings. The molecule has 1 aliphatic rings. The fourth-order valence-electron chi connectivity index (χ4n) is 1.44. The minimum atomic E-state index is -0.594. The monoisotopic (exact) mass is 185 g/mol. The number of esters is 1. The van der Waals surface area contributed by atoms with Crippen LogP contribution in [0.3, 0.4) is 0 Å². The predicted molar refractivity (Wildman–Crippen MR) is 46.9 cm³/mol. The van der Waals surface area contributed by atoms with Crippen molar-refractivity contribution in [2.24, 2.45) is 11.8 Å². The normalized spacial score (nSPS) is 28.0. The molecule has 4 heteroatoms. The minimum Gasteiger partial charge on any atom is -0.465 e. The van der Waals surface area contributed by atoms with Crippen LogP contribution < -0.4 is 5.32 Å². The lowest BCUT2D eigenvalue weighted by molar-refractivity contribution is -0.154. The summed E-state index contributed by atoms with van der Waals surface area (Å²) in [5.74, 6) is -0.834. The molecular weight excluding hydrogens is 170 g/mol. The highest BCUT2D eigenvalue weighted by molar-refractivity contribution is 5.98. The van der Waals surface area contributed by atoms with Crippen molar-refractivity contribution in [1.29, 1.82) is 0 Å². The van der Waals surface area contributed by atoms with Gasteiger partial charge < -0.3 is 10.1 Å². The van der Waals surface area contributed by atoms with Gasteiger partial charge in [0.1, 0.15) is 5.92 Å². The van der Waals surface area contributed by atoms with Gasteiger partial charge in [0.05, 0.1) is 6.61 Å². The summed E-state index contributed by atoms with van der Waals surface area (Å²) in [6, 6.07) is 0. The smallest absolute Gasteiger partial charge is 0.318 e. The number of ether oxygens (including phenoxy) is 1. The highest BCUT2D eigenvalue weighted by atomic mass is 16.5. The van der Waals surface area contributed by atoms with Gasteiger partial charge in [-0.25, -0.2) is 0 Å². The topological polar surface area (TPSA) is 55.4 Å². The van der Waals surface area contributed by atoms with Crippen LogP contribution in [0.1, 0.15) is 20.3 Å². The number of nitrogens with one attached hydrogen (secondary N) is 1. The van der Waals surface area contributed by atoms with Crippen molar-refractivity contribution in [3.8, 4) is 0 Å². The molecule has 0 spiro atoms. The van der Waals surface area contributed by atoms with Gasteiger partial charge in [0, 0.05) is 6.54 Å². The lowest BCUT2D eigenvalue weighted by atomic mass is 9.91. The maximum atomic E-state index is 11.3. The summed E-state index contributed by atoms with van der Waals surface area (Å²) >= 11 is 0. The molecule has 2 atom stereocenters. The Morgan fingerprint density at radius 3 is 3.00 bits per heavy atom. The van der Waals surface area contributed by atoms with Crippen molar-refractivity contribution in [2.45, 2.75) is 20.3 Å². The molecule has 1 N–H and O–H groups in total. The minimum absolute atomic E-state index is 0.198. The lowest BCUT2D eigenvalue weighted by Crippen LogP contribution is -2.44. The van der Waals surface area contributed by atoms with Gasteiger partial charge in [-0.3, -0.25) is 9.59 Å². The maximum Gasteiger partial charge on any atom is 0.318 e. The Balaban J connectivity index is 2.55. The first-order valence-corrected chi connectivity index (χ1v) is 4.59. The van der Waals surface area contributed by atoms with E-state index in [0.29, 0.717) is 25.5 Å². The summed E-state index contributed by atoms with van der Waals surface area (Å²) in [4.78, 5) is 22.5. The van der Waals surface area contributed by atoms with E-state index in [1.54, 1.807) is 6.92 Å². The quantitative estimate of drug-likeness (QED) is 0.498. The number of piperidine rings is 1. The summed E-state index contributed by atoms with van der Waals surface area (Å²) in [5, 5.41) is 2.68. The Morgan fingerprint density at radius 1 is 1.69 bits per heavy atom. The Labute approximate surface area is 77.6 Å². The zero-order valence-corrected chi connectivity index (χ0v) is 8.00. The number of carbonyl (C=O) groups excluding carboxylic acids is 2. The van der Waals surface area contributed by atoms with Crippen LogP contribution in [0.4, 0.5) is 0 Å². The molecule has 1 saturated heterocycles. The molecular formula is C9H15NO3. The van der Waals surface area contributed by atoms with Gasteiger partial charge in [0.2, 0.25) is 5.91 Å². The van der Waals surface area contributed by atoms with Crippen molar-refractivity contribution in [3.63, 3.8) is 0 Å². The Bertz CT molecular complexity index is 215. The fourth-order valence-corrected chi connectivity index (χ4v) is 1.44. The van der Waals surface area contributed by atoms with E-state index in [0.717, 1.165) is 0 Å². The first-order valence-electron chi connectivity index (χ1n) is 4.59. The van der Waals surface area contributed by atoms with E-state index in [1.807, 2.05) is 6.92 Å². The van der Waals surface area contributed by atoms with Crippen molar-refractivity contribution < 1.29 is 14.3 Å². The number of hydrogen-bond donors (Lipinski definition) is 1. The zero-order valence-electron chi connectivity index (χ0n) is 8.00. The van der Waals surface area contributed by atoms with Gasteiger partial charge in [-0.2, -0.15) is 0 Å². The highest BCUT2D eigenvalue weighted by Crippen LogP contribution is 2.17. The second kappa shape index (κ2) is 4.25. The van der Waals surface area contributed by atoms with E-state index < -0.39 is 11.9 Å². The summed E-state index contributed by atoms with van der Waals surface area (Å²) < 4.78 is 4.80. The van der Waals surface area contributed by atoms with Gasteiger partial charge in [-0.1, -0.05) is 6.92 Å². The second-order valence-corrected chi connectivity index (χ2v) is 3.39. The van der Waals surface area contributed by atoms with Gasteiger partial charge in [0.25, 0.3) is 0 Å². The third-order valence-electron chi connectivity index (χ3n) is 2.15. The van der Waals surface area contributed by atoms with Crippen molar-refractivity contribution >= 4 is 11.9 Å². The Morgan fingerprint density at radius 2 is 2.38 bits per heavy atom. The molecule has 0 saturated carbocycles. The Kier molecular flexibility index (Phi) is 3.28. The van der Waals surface area contributed by atoms with E-state index in [2.05, 4.69) is 5.32 Å². The van der Waals surface area contributed by atoms with Gasteiger partial charge >= 0.3 is 5.97 Å². The predicted octanol–water partition coefficient (Wildman–Crippen LogP) is 0.322. The molecule has 2 unspecified atom stereocenters. The molecule has 0 aromatic carbocycles. The van der Waals surface area contributed by atoms with Crippen LogP contribution in [0, 0.1) is 11.8 Å². The van der Waals surface area contributed by atoms with Crippen molar-refractivity contribution in [3.05, 3.63) is 0 Å². The highest BCUT2D eigenvalue weighted by Gasteiger charge is 2.33. The van der Waals surface area contributed by atoms with Gasteiger partial charge in [-0.15, -0.1) is 0 Å². The molecule has 0 bridgehead atoms. The lowest BCUT2D eigenvalue weighted by Gasteiger charge is -2.25. The summed E-state index contributed by atoms with van der Waals surface area (Å²) in [5.41, 5.74) is 0. The first kappa shape index (κ1) is 10.0. The standard InChI is InChI=1S/C9H15NO3/c1-3-13-9(12)7-4-6(2)5-10-8(7)11/h6-7H,3-5H2,1-2H3,(H,10,11). The number of amides is 1. The largest absolute Gasteiger partial charge is 0.465 e. The summed E-state index contributed by atoms with van der Waals surface area (Å²) in [6.07, 6.45) is 0.602. The molecule has 0 aliphatic carbocycles. The third kappa shape index (κ3) is 2.44. The van der Waals surface area contributed by atoms with Crippen LogP contribution >= 0.6 is 0 Å². The van der Waals surface area contributed by atoms with Crippen molar-refractivity contribution in [1.82, 2.24) is 5.32 Å². The fraction of sp³-hybridized carbons (Fsp3) is 0.778. The number of carbonyl (C=O) groups is 2. The molecule has 13 heavy (non-hydrogen) atoms. The molecule has 0 radical (unpaired) electrons. The molecule has 74 valence electrons. The average Bonchev–Trinajstić information content (AvgIpc) is 2.09. The maximum absolute atomic E-state index is 11.3. The third-order valence-corrected chi connectivity index (χ3v) is 2.15. The van der Waals surface area contributed by atoms with Crippen LogP contribution in [0.15, 0.2) is 0 Å². The van der Waals surface area contributed by atoms with Crippen LogP contribution in [0.25, 0.3) is 0 Å². The van der Waals surface area contributed by atoms with E-state index in [9.17, 15) is 9.59 Å². The first-order chi connectivity index (χ1) is 6.15. The van der Waals surface area contributed by atoms with E-state index in [4.69, 9.17) is 4.74 Å². The van der Waals surface area contributed by atoms with E-state index >= 15 is 0 Å². The summed E-state index contributed by atoms with van der Waals surface area (Å²) in [6.45, 7) is 4.74. The van der Waals surface area contributed by atoms with Crippen LogP contribution in [-0.4, -0.2) is 25.0 Å². The molecule has 1 aliphatic heterocycles. The van der Waals surface area contributed by atoms with Crippen LogP contribution in [-0.2, 0) is 14.3 Å². The van der Waals surface area contributed by atoms with Gasteiger partial charge in [0.15, 0.2) is 0 Å². The number of hydrogen-bond acceptors (Lipinski definition) is 3. The molecule has 1 heterocycles. The van der Waals surface area contributed by atoms with E-state index in [1.165, 1.54) is 0 Å². The average molecular weight is 185 g/mol.